The molecule has 0 aliphatic heterocycles. The number of ether oxygens (including phenoxy) is 1. The number of halogens is 1. The minimum Gasteiger partial charge on any atom is -0.496 e. The molecule has 0 amide bonds. The minimum atomic E-state index is -0.486. The molecule has 0 saturated heterocycles. The summed E-state index contributed by atoms with van der Waals surface area (Å²) in [6, 6.07) is 7.98. The van der Waals surface area contributed by atoms with Crippen molar-refractivity contribution >= 4 is 11.5 Å². The molecule has 2 N–H and O–H groups in total. The second-order valence-electron chi connectivity index (χ2n) is 4.71. The fraction of sp³-hybridized carbons (Fsp3) is 0.188. The van der Waals surface area contributed by atoms with E-state index in [9.17, 15) is 9.18 Å². The first-order valence-corrected chi connectivity index (χ1v) is 6.19. The fourth-order valence-electron chi connectivity index (χ4n) is 1.99. The Hall–Kier alpha value is -2.36. The number of hydrogen-bond donors (Lipinski definition) is 1. The summed E-state index contributed by atoms with van der Waals surface area (Å²) >= 11 is 0. The molecule has 0 radical (unpaired) electrons. The van der Waals surface area contributed by atoms with Gasteiger partial charge in [0, 0.05) is 16.8 Å². The lowest BCUT2D eigenvalue weighted by molar-refractivity contribution is 0.103. The summed E-state index contributed by atoms with van der Waals surface area (Å²) in [5, 5.41) is 0. The first kappa shape index (κ1) is 14.1. The Labute approximate surface area is 117 Å². The van der Waals surface area contributed by atoms with Gasteiger partial charge in [-0.3, -0.25) is 4.79 Å². The average molecular weight is 273 g/mol. The first-order chi connectivity index (χ1) is 9.43. The average Bonchev–Trinajstić information content (AvgIpc) is 2.43. The van der Waals surface area contributed by atoms with Crippen LogP contribution in [0.3, 0.4) is 0 Å². The summed E-state index contributed by atoms with van der Waals surface area (Å²) in [5.41, 5.74) is 7.86. The van der Waals surface area contributed by atoms with E-state index >= 15 is 0 Å². The molecule has 0 unspecified atom stereocenters. The van der Waals surface area contributed by atoms with Gasteiger partial charge in [-0.15, -0.1) is 0 Å². The number of aryl methyl sites for hydroxylation is 1. The molecule has 0 fully saturated rings. The normalized spacial score (nSPS) is 10.4. The molecular formula is C16H16FNO2. The standard InChI is InChI=1S/C16H16FNO2/c1-9-4-5-15(20-3)12(6-9)16(19)11-7-13(17)10(2)14(18)8-11/h4-8H,18H2,1-3H3. The van der Waals surface area contributed by atoms with Crippen LogP contribution in [-0.2, 0) is 0 Å². The molecule has 0 bridgehead atoms. The zero-order valence-electron chi connectivity index (χ0n) is 11.7. The highest BCUT2D eigenvalue weighted by molar-refractivity contribution is 6.11. The predicted octanol–water partition coefficient (Wildman–Crippen LogP) is 3.26. The number of nitrogens with two attached hydrogens (primary N) is 1. The van der Waals surface area contributed by atoms with Crippen molar-refractivity contribution < 1.29 is 13.9 Å². The zero-order valence-corrected chi connectivity index (χ0v) is 11.7. The van der Waals surface area contributed by atoms with Gasteiger partial charge >= 0.3 is 0 Å². The Morgan fingerprint density at radius 1 is 1.20 bits per heavy atom. The van der Waals surface area contributed by atoms with Gasteiger partial charge in [-0.2, -0.15) is 0 Å². The topological polar surface area (TPSA) is 52.3 Å². The number of nitrogen functional groups attached to an aromatic ring is 1. The Bertz CT molecular complexity index is 657. The number of methoxy groups -OCH3 is 1. The molecular weight excluding hydrogens is 257 g/mol. The Morgan fingerprint density at radius 3 is 2.50 bits per heavy atom. The second-order valence-corrected chi connectivity index (χ2v) is 4.71. The van der Waals surface area contributed by atoms with Gasteiger partial charge in [0.15, 0.2) is 5.78 Å². The van der Waals surface area contributed by atoms with Gasteiger partial charge in [0.05, 0.1) is 12.7 Å². The van der Waals surface area contributed by atoms with Crippen molar-refractivity contribution in [3.8, 4) is 5.75 Å². The Balaban J connectivity index is 2.54. The third-order valence-electron chi connectivity index (χ3n) is 3.25. The molecule has 0 aliphatic carbocycles. The highest BCUT2D eigenvalue weighted by Gasteiger charge is 2.17. The summed E-state index contributed by atoms with van der Waals surface area (Å²) in [5.74, 6) is -0.337. The van der Waals surface area contributed by atoms with Gasteiger partial charge in [0.25, 0.3) is 0 Å². The SMILES string of the molecule is COc1ccc(C)cc1C(=O)c1cc(N)c(C)c(F)c1. The van der Waals surface area contributed by atoms with Gasteiger partial charge in [0.2, 0.25) is 0 Å². The summed E-state index contributed by atoms with van der Waals surface area (Å²) in [6.45, 7) is 3.45. The lowest BCUT2D eigenvalue weighted by Gasteiger charge is -2.10. The maximum Gasteiger partial charge on any atom is 0.196 e. The van der Waals surface area contributed by atoms with Crippen LogP contribution in [0.15, 0.2) is 30.3 Å². The molecule has 0 heterocycles. The van der Waals surface area contributed by atoms with E-state index in [1.807, 2.05) is 13.0 Å². The third-order valence-corrected chi connectivity index (χ3v) is 3.25. The second kappa shape index (κ2) is 5.33. The largest absolute Gasteiger partial charge is 0.496 e. The van der Waals surface area contributed by atoms with E-state index in [0.29, 0.717) is 16.9 Å². The Morgan fingerprint density at radius 2 is 1.90 bits per heavy atom. The van der Waals surface area contributed by atoms with Crippen LogP contribution in [0.2, 0.25) is 0 Å². The van der Waals surface area contributed by atoms with E-state index < -0.39 is 5.82 Å². The van der Waals surface area contributed by atoms with Crippen molar-refractivity contribution in [2.24, 2.45) is 0 Å². The summed E-state index contributed by atoms with van der Waals surface area (Å²) < 4.78 is 18.9. The van der Waals surface area contributed by atoms with Crippen molar-refractivity contribution in [1.29, 1.82) is 0 Å². The molecule has 0 aromatic heterocycles. The van der Waals surface area contributed by atoms with Gasteiger partial charge in [-0.05, 0) is 38.1 Å². The van der Waals surface area contributed by atoms with Crippen LogP contribution in [0.25, 0.3) is 0 Å². The van der Waals surface area contributed by atoms with Gasteiger partial charge in [0.1, 0.15) is 11.6 Å². The van der Waals surface area contributed by atoms with E-state index in [1.165, 1.54) is 19.2 Å². The molecule has 3 nitrogen and oxygen atoms in total. The molecule has 0 saturated carbocycles. The van der Waals surface area contributed by atoms with Crippen molar-refractivity contribution in [2.45, 2.75) is 13.8 Å². The number of anilines is 1. The van der Waals surface area contributed by atoms with Crippen LogP contribution < -0.4 is 10.5 Å². The maximum absolute atomic E-state index is 13.7. The number of rotatable bonds is 3. The van der Waals surface area contributed by atoms with E-state index in [4.69, 9.17) is 10.5 Å². The van der Waals surface area contributed by atoms with Gasteiger partial charge in [-0.1, -0.05) is 11.6 Å². The highest BCUT2D eigenvalue weighted by Crippen LogP contribution is 2.25. The number of carbonyl (C=O) groups is 1. The molecule has 104 valence electrons. The number of carbonyl (C=O) groups excluding carboxylic acids is 1. The number of ketones is 1. The quantitative estimate of drug-likeness (QED) is 0.689. The summed E-state index contributed by atoms with van der Waals surface area (Å²) in [4.78, 5) is 12.5. The lowest BCUT2D eigenvalue weighted by Crippen LogP contribution is -2.07. The predicted molar refractivity (Wildman–Crippen MR) is 76.7 cm³/mol. The molecule has 2 aromatic rings. The van der Waals surface area contributed by atoms with Crippen molar-refractivity contribution in [1.82, 2.24) is 0 Å². The molecule has 2 aromatic carbocycles. The molecule has 0 atom stereocenters. The fourth-order valence-corrected chi connectivity index (χ4v) is 1.99. The van der Waals surface area contributed by atoms with Crippen LogP contribution >= 0.6 is 0 Å². The highest BCUT2D eigenvalue weighted by atomic mass is 19.1. The minimum absolute atomic E-state index is 0.217. The molecule has 4 heteroatoms. The van der Waals surface area contributed by atoms with Crippen LogP contribution in [0.5, 0.6) is 5.75 Å². The Kier molecular flexibility index (Phi) is 3.74. The molecule has 0 aliphatic rings. The maximum atomic E-state index is 13.7. The monoisotopic (exact) mass is 273 g/mol. The van der Waals surface area contributed by atoms with Gasteiger partial charge in [-0.25, -0.2) is 4.39 Å². The number of hydrogen-bond acceptors (Lipinski definition) is 3. The van der Waals surface area contributed by atoms with E-state index in [0.717, 1.165) is 5.56 Å². The van der Waals surface area contributed by atoms with Gasteiger partial charge < -0.3 is 10.5 Å². The zero-order chi connectivity index (χ0) is 14.9. The van der Waals surface area contributed by atoms with Crippen molar-refractivity contribution in [3.05, 3.63) is 58.4 Å². The summed E-state index contributed by atoms with van der Waals surface area (Å²) in [7, 11) is 1.49. The molecule has 20 heavy (non-hydrogen) atoms. The number of benzene rings is 2. The van der Waals surface area contributed by atoms with Crippen LogP contribution in [0.4, 0.5) is 10.1 Å². The van der Waals surface area contributed by atoms with Crippen molar-refractivity contribution in [3.63, 3.8) is 0 Å². The van der Waals surface area contributed by atoms with E-state index in [1.54, 1.807) is 19.1 Å². The lowest BCUT2D eigenvalue weighted by atomic mass is 9.98. The molecule has 0 spiro atoms. The van der Waals surface area contributed by atoms with E-state index in [-0.39, 0.29) is 17.0 Å². The van der Waals surface area contributed by atoms with Crippen LogP contribution in [0, 0.1) is 19.7 Å². The molecule has 2 rings (SSSR count). The first-order valence-electron chi connectivity index (χ1n) is 6.19. The van der Waals surface area contributed by atoms with Crippen LogP contribution in [-0.4, -0.2) is 12.9 Å². The third kappa shape index (κ3) is 2.50. The summed E-state index contributed by atoms with van der Waals surface area (Å²) in [6.07, 6.45) is 0. The van der Waals surface area contributed by atoms with Crippen LogP contribution in [0.1, 0.15) is 27.0 Å². The smallest absolute Gasteiger partial charge is 0.196 e. The van der Waals surface area contributed by atoms with E-state index in [2.05, 4.69) is 0 Å². The van der Waals surface area contributed by atoms with Crippen molar-refractivity contribution in [2.75, 3.05) is 12.8 Å².